The maximum absolute atomic E-state index is 9.86. The van der Waals surface area contributed by atoms with Crippen molar-refractivity contribution in [3.05, 3.63) is 0 Å². The number of rotatable bonds is 9. The molecule has 0 radical (unpaired) electrons. The average molecular weight is 324 g/mol. The van der Waals surface area contributed by atoms with Crippen LogP contribution in [-0.2, 0) is 0 Å². The molecular formula is C13H25IO. The summed E-state index contributed by atoms with van der Waals surface area (Å²) in [6.45, 7) is 2.26. The first-order valence-corrected chi connectivity index (χ1v) is 7.80. The van der Waals surface area contributed by atoms with Crippen molar-refractivity contribution < 1.29 is 5.11 Å². The van der Waals surface area contributed by atoms with Gasteiger partial charge in [0.25, 0.3) is 0 Å². The number of halogens is 1. The fraction of sp³-hybridized carbons (Fsp3) is 1.00. The Bertz CT molecular complexity index is 166. The average Bonchev–Trinajstić information content (AvgIpc) is 2.96. The summed E-state index contributed by atoms with van der Waals surface area (Å²) in [5.41, 5.74) is -0.261. The van der Waals surface area contributed by atoms with E-state index in [0.717, 1.165) is 12.8 Å². The fourth-order valence-corrected chi connectivity index (χ4v) is 3.05. The summed E-state index contributed by atoms with van der Waals surface area (Å²) < 4.78 is 0.505. The van der Waals surface area contributed by atoms with Gasteiger partial charge in [0, 0.05) is 3.92 Å². The first-order valence-electron chi connectivity index (χ1n) is 6.55. The summed E-state index contributed by atoms with van der Waals surface area (Å²) in [6.07, 6.45) is 12.9. The van der Waals surface area contributed by atoms with Gasteiger partial charge < -0.3 is 5.11 Å². The lowest BCUT2D eigenvalue weighted by molar-refractivity contribution is 0.148. The minimum absolute atomic E-state index is 0.261. The van der Waals surface area contributed by atoms with Crippen LogP contribution in [0.25, 0.3) is 0 Å². The maximum atomic E-state index is 9.86. The number of alkyl halides is 1. The molecule has 0 amide bonds. The molecule has 1 aliphatic rings. The quantitative estimate of drug-likeness (QED) is 0.377. The van der Waals surface area contributed by atoms with E-state index in [1.54, 1.807) is 0 Å². The lowest BCUT2D eigenvalue weighted by Gasteiger charge is -2.15. The van der Waals surface area contributed by atoms with E-state index < -0.39 is 0 Å². The van der Waals surface area contributed by atoms with E-state index in [2.05, 4.69) is 29.5 Å². The van der Waals surface area contributed by atoms with Crippen molar-refractivity contribution in [3.63, 3.8) is 0 Å². The number of unbranched alkanes of at least 4 members (excludes halogenated alkanes) is 6. The number of hydrogen-bond donors (Lipinski definition) is 1. The maximum Gasteiger partial charge on any atom is 0.0767 e. The highest BCUT2D eigenvalue weighted by Gasteiger charge is 2.45. The first kappa shape index (κ1) is 13.8. The van der Waals surface area contributed by atoms with Crippen LogP contribution in [0.4, 0.5) is 0 Å². The van der Waals surface area contributed by atoms with Gasteiger partial charge in [-0.2, -0.15) is 0 Å². The van der Waals surface area contributed by atoms with Crippen molar-refractivity contribution in [1.29, 1.82) is 0 Å². The van der Waals surface area contributed by atoms with E-state index in [9.17, 15) is 5.11 Å². The van der Waals surface area contributed by atoms with Crippen molar-refractivity contribution in [3.8, 4) is 0 Å². The van der Waals surface area contributed by atoms with Crippen molar-refractivity contribution in [1.82, 2.24) is 0 Å². The van der Waals surface area contributed by atoms with Crippen LogP contribution in [0.15, 0.2) is 0 Å². The third kappa shape index (κ3) is 5.53. The van der Waals surface area contributed by atoms with Gasteiger partial charge in [0.2, 0.25) is 0 Å². The topological polar surface area (TPSA) is 20.2 Å². The van der Waals surface area contributed by atoms with Crippen LogP contribution in [-0.4, -0.2) is 14.6 Å². The molecule has 1 rings (SSSR count). The summed E-state index contributed by atoms with van der Waals surface area (Å²) in [4.78, 5) is 0. The summed E-state index contributed by atoms with van der Waals surface area (Å²) >= 11 is 2.44. The summed E-state index contributed by atoms with van der Waals surface area (Å²) in [5, 5.41) is 9.86. The van der Waals surface area contributed by atoms with Gasteiger partial charge in [-0.15, -0.1) is 0 Å². The van der Waals surface area contributed by atoms with Gasteiger partial charge in [0.05, 0.1) is 5.60 Å². The molecule has 1 atom stereocenters. The Morgan fingerprint density at radius 3 is 2.13 bits per heavy atom. The fourth-order valence-electron chi connectivity index (χ4n) is 1.99. The van der Waals surface area contributed by atoms with Gasteiger partial charge in [-0.25, -0.2) is 0 Å². The van der Waals surface area contributed by atoms with Crippen molar-refractivity contribution in [2.45, 2.75) is 80.7 Å². The SMILES string of the molecule is CCCCCCCCCC(I)C1(O)CC1. The smallest absolute Gasteiger partial charge is 0.0767 e. The lowest BCUT2D eigenvalue weighted by Crippen LogP contribution is -2.21. The Kier molecular flexibility index (Phi) is 6.51. The van der Waals surface area contributed by atoms with Crippen LogP contribution < -0.4 is 0 Å². The number of aliphatic hydroxyl groups is 1. The van der Waals surface area contributed by atoms with Crippen LogP contribution in [0.3, 0.4) is 0 Å². The zero-order chi connectivity index (χ0) is 11.1. The lowest BCUT2D eigenvalue weighted by atomic mass is 10.1. The molecule has 0 heterocycles. The first-order chi connectivity index (χ1) is 7.19. The molecule has 1 saturated carbocycles. The van der Waals surface area contributed by atoms with E-state index in [0.29, 0.717) is 3.92 Å². The molecular weight excluding hydrogens is 299 g/mol. The van der Waals surface area contributed by atoms with Gasteiger partial charge in [0.15, 0.2) is 0 Å². The molecule has 0 spiro atoms. The molecule has 1 fully saturated rings. The summed E-state index contributed by atoms with van der Waals surface area (Å²) in [7, 11) is 0. The molecule has 1 aliphatic carbocycles. The number of hydrogen-bond acceptors (Lipinski definition) is 1. The van der Waals surface area contributed by atoms with Gasteiger partial charge in [-0.1, -0.05) is 74.5 Å². The molecule has 0 saturated heterocycles. The predicted octanol–water partition coefficient (Wildman–Crippen LogP) is 4.46. The van der Waals surface area contributed by atoms with E-state index >= 15 is 0 Å². The van der Waals surface area contributed by atoms with Crippen molar-refractivity contribution in [2.24, 2.45) is 0 Å². The third-order valence-electron chi connectivity index (χ3n) is 3.41. The second kappa shape index (κ2) is 7.10. The molecule has 0 aromatic rings. The molecule has 0 aliphatic heterocycles. The Labute approximate surface area is 108 Å². The normalized spacial score (nSPS) is 20.2. The summed E-state index contributed by atoms with van der Waals surface area (Å²) in [5.74, 6) is 0. The zero-order valence-electron chi connectivity index (χ0n) is 9.97. The highest BCUT2D eigenvalue weighted by Crippen LogP contribution is 2.44. The molecule has 2 heteroatoms. The molecule has 1 unspecified atom stereocenters. The van der Waals surface area contributed by atoms with Gasteiger partial charge in [-0.3, -0.25) is 0 Å². The van der Waals surface area contributed by atoms with Crippen molar-refractivity contribution >= 4 is 22.6 Å². The van der Waals surface area contributed by atoms with E-state index in [-0.39, 0.29) is 5.60 Å². The minimum Gasteiger partial charge on any atom is -0.389 e. The van der Waals surface area contributed by atoms with Crippen LogP contribution in [0.2, 0.25) is 0 Å². The molecule has 0 aromatic heterocycles. The Balaban J connectivity index is 1.84. The molecule has 90 valence electrons. The van der Waals surface area contributed by atoms with Gasteiger partial charge >= 0.3 is 0 Å². The predicted molar refractivity (Wildman–Crippen MR) is 74.6 cm³/mol. The standard InChI is InChI=1S/C13H25IO/c1-2-3-4-5-6-7-8-9-12(14)13(15)10-11-13/h12,15H,2-11H2,1H3. The van der Waals surface area contributed by atoms with Crippen LogP contribution >= 0.6 is 22.6 Å². The second-order valence-corrected chi connectivity index (χ2v) is 6.48. The van der Waals surface area contributed by atoms with Gasteiger partial charge in [-0.05, 0) is 19.3 Å². The highest BCUT2D eigenvalue weighted by atomic mass is 127. The second-order valence-electron chi connectivity index (χ2n) is 4.98. The molecule has 0 bridgehead atoms. The van der Waals surface area contributed by atoms with Crippen LogP contribution in [0.5, 0.6) is 0 Å². The van der Waals surface area contributed by atoms with Crippen LogP contribution in [0.1, 0.15) is 71.1 Å². The van der Waals surface area contributed by atoms with E-state index in [1.165, 1.54) is 51.4 Å². The Hall–Kier alpha value is 0.690. The zero-order valence-corrected chi connectivity index (χ0v) is 12.1. The Morgan fingerprint density at radius 1 is 1.07 bits per heavy atom. The Morgan fingerprint density at radius 2 is 1.60 bits per heavy atom. The summed E-state index contributed by atoms with van der Waals surface area (Å²) in [6, 6.07) is 0. The largest absolute Gasteiger partial charge is 0.389 e. The molecule has 0 aromatic carbocycles. The third-order valence-corrected chi connectivity index (χ3v) is 5.19. The molecule has 1 nitrogen and oxygen atoms in total. The van der Waals surface area contributed by atoms with E-state index in [4.69, 9.17) is 0 Å². The van der Waals surface area contributed by atoms with E-state index in [1.807, 2.05) is 0 Å². The highest BCUT2D eigenvalue weighted by molar-refractivity contribution is 14.1. The van der Waals surface area contributed by atoms with Gasteiger partial charge in [0.1, 0.15) is 0 Å². The molecule has 15 heavy (non-hydrogen) atoms. The molecule has 1 N–H and O–H groups in total. The van der Waals surface area contributed by atoms with Crippen molar-refractivity contribution in [2.75, 3.05) is 0 Å². The minimum atomic E-state index is -0.261. The van der Waals surface area contributed by atoms with Crippen LogP contribution in [0, 0.1) is 0 Å². The monoisotopic (exact) mass is 324 g/mol.